The van der Waals surface area contributed by atoms with Gasteiger partial charge in [-0.2, -0.15) is 0 Å². The monoisotopic (exact) mass is 642 g/mol. The number of rotatable bonds is 18. The van der Waals surface area contributed by atoms with Gasteiger partial charge in [0.05, 0.1) is 17.5 Å². The Morgan fingerprint density at radius 3 is 2.22 bits per heavy atom. The van der Waals surface area contributed by atoms with Crippen molar-refractivity contribution in [3.05, 3.63) is 0 Å². The lowest BCUT2D eigenvalue weighted by Gasteiger charge is -2.45. The van der Waals surface area contributed by atoms with Crippen LogP contribution in [0.1, 0.15) is 104 Å². The second-order valence-electron chi connectivity index (χ2n) is 11.8. The van der Waals surface area contributed by atoms with E-state index in [9.17, 15) is 19.8 Å². The SMILES string of the molecule is CCCCCCCCCCCC(=O)O[C@@H]1[C@@H](O)[C@@H](O)[C@@H]([C@H](NC(=O)[C@@H]2C[C@@H](CCC)CN2C)[C@H](C)Cl)O[C@@H]1SC.Cl. The fraction of sp³-hybridized carbons (Fsp3) is 0.933. The minimum atomic E-state index is -1.38. The van der Waals surface area contributed by atoms with Crippen molar-refractivity contribution in [3.63, 3.8) is 0 Å². The number of aliphatic hydroxyl groups is 2. The molecule has 2 fully saturated rings. The van der Waals surface area contributed by atoms with E-state index in [1.807, 2.05) is 7.05 Å². The predicted molar refractivity (Wildman–Crippen MR) is 170 cm³/mol. The Morgan fingerprint density at radius 2 is 1.66 bits per heavy atom. The minimum Gasteiger partial charge on any atom is -0.456 e. The third-order valence-electron chi connectivity index (χ3n) is 8.36. The molecule has 2 saturated heterocycles. The number of likely N-dealkylation sites (tertiary alicyclic amines) is 1. The maximum atomic E-state index is 13.3. The van der Waals surface area contributed by atoms with Crippen LogP contribution in [-0.2, 0) is 19.1 Å². The van der Waals surface area contributed by atoms with E-state index in [4.69, 9.17) is 21.1 Å². The van der Waals surface area contributed by atoms with Crippen LogP contribution in [0.3, 0.4) is 0 Å². The molecule has 0 aliphatic carbocycles. The third kappa shape index (κ3) is 12.3. The number of ether oxygens (including phenoxy) is 2. The topological polar surface area (TPSA) is 108 Å². The first kappa shape index (κ1) is 38.7. The summed E-state index contributed by atoms with van der Waals surface area (Å²) in [7, 11) is 1.95. The molecule has 0 aromatic heterocycles. The van der Waals surface area contributed by atoms with Crippen LogP contribution in [0.4, 0.5) is 0 Å². The number of aliphatic hydroxyl groups excluding tert-OH is 2. The Bertz CT molecular complexity index is 750. The summed E-state index contributed by atoms with van der Waals surface area (Å²) < 4.78 is 11.8. The van der Waals surface area contributed by atoms with Gasteiger partial charge in [0.15, 0.2) is 6.10 Å². The fourth-order valence-electron chi connectivity index (χ4n) is 6.01. The summed E-state index contributed by atoms with van der Waals surface area (Å²) in [6.07, 6.45) is 10.6. The average molecular weight is 644 g/mol. The van der Waals surface area contributed by atoms with Crippen LogP contribution in [0.5, 0.6) is 0 Å². The van der Waals surface area contributed by atoms with E-state index >= 15 is 0 Å². The number of hydrogen-bond donors (Lipinski definition) is 3. The largest absolute Gasteiger partial charge is 0.456 e. The number of carbonyl (C=O) groups is 2. The molecule has 8 nitrogen and oxygen atoms in total. The highest BCUT2D eigenvalue weighted by molar-refractivity contribution is 7.99. The molecule has 0 bridgehead atoms. The molecule has 0 unspecified atom stereocenters. The first-order valence-electron chi connectivity index (χ1n) is 15.5. The first-order valence-corrected chi connectivity index (χ1v) is 17.2. The van der Waals surface area contributed by atoms with E-state index in [0.29, 0.717) is 5.92 Å². The maximum absolute atomic E-state index is 13.3. The molecular weight excluding hydrogens is 587 g/mol. The Balaban J connectivity index is 0.00000840. The van der Waals surface area contributed by atoms with Crippen molar-refractivity contribution in [2.75, 3.05) is 19.8 Å². The number of hydrogen-bond acceptors (Lipinski definition) is 8. The predicted octanol–water partition coefficient (Wildman–Crippen LogP) is 5.28. The highest BCUT2D eigenvalue weighted by Gasteiger charge is 2.50. The number of nitrogens with zero attached hydrogens (tertiary/aromatic N) is 1. The molecule has 0 radical (unpaired) electrons. The summed E-state index contributed by atoms with van der Waals surface area (Å²) in [4.78, 5) is 27.9. The summed E-state index contributed by atoms with van der Waals surface area (Å²) in [6, 6.07) is -1.00. The summed E-state index contributed by atoms with van der Waals surface area (Å²) in [6.45, 7) is 6.97. The minimum absolute atomic E-state index is 0. The van der Waals surface area contributed by atoms with E-state index in [0.717, 1.165) is 45.1 Å². The average Bonchev–Trinajstić information content (AvgIpc) is 3.29. The van der Waals surface area contributed by atoms with Crippen molar-refractivity contribution in [3.8, 4) is 0 Å². The second kappa shape index (κ2) is 20.6. The maximum Gasteiger partial charge on any atom is 0.306 e. The molecule has 11 heteroatoms. The van der Waals surface area contributed by atoms with Crippen molar-refractivity contribution in [2.24, 2.45) is 5.92 Å². The third-order valence-corrected chi connectivity index (χ3v) is 9.47. The van der Waals surface area contributed by atoms with Crippen LogP contribution in [0.15, 0.2) is 0 Å². The number of thioether (sulfide) groups is 1. The van der Waals surface area contributed by atoms with Gasteiger partial charge in [0.2, 0.25) is 5.91 Å². The molecular formula is C30H56Cl2N2O6S. The number of halogens is 2. The van der Waals surface area contributed by atoms with Crippen molar-refractivity contribution in [1.82, 2.24) is 10.2 Å². The molecule has 41 heavy (non-hydrogen) atoms. The number of carbonyl (C=O) groups excluding carboxylic acids is 2. The molecule has 0 aromatic carbocycles. The Hall–Kier alpha value is -0.290. The van der Waals surface area contributed by atoms with Gasteiger partial charge in [-0.3, -0.25) is 14.5 Å². The van der Waals surface area contributed by atoms with Gasteiger partial charge in [-0.05, 0) is 45.4 Å². The van der Waals surface area contributed by atoms with Crippen LogP contribution in [0.25, 0.3) is 0 Å². The number of likely N-dealkylation sites (N-methyl/N-ethyl adjacent to an activating group) is 1. The number of alkyl halides is 1. The standard InChI is InChI=1S/C30H55ClN2O6S.ClH/c1-6-8-9-10-11-12-13-14-15-17-23(34)38-28-26(36)25(35)27(39-30(28)40-5)24(20(3)31)32-29(37)22-18-21(16-7-2)19-33(22)4;/h20-22,24-28,30,35-36H,6-19H2,1-5H3,(H,32,37);1H/t20-,21+,22-,24+,25+,26-,27+,28+,30+;/m0./s1. The molecule has 1 amide bonds. The Labute approximate surface area is 263 Å². The normalized spacial score (nSPS) is 29.9. The van der Waals surface area contributed by atoms with Gasteiger partial charge in [0.1, 0.15) is 23.7 Å². The van der Waals surface area contributed by atoms with Crippen molar-refractivity contribution in [2.45, 2.75) is 152 Å². The van der Waals surface area contributed by atoms with Crippen LogP contribution in [0, 0.1) is 5.92 Å². The lowest BCUT2D eigenvalue weighted by molar-refractivity contribution is -0.218. The fourth-order valence-corrected chi connectivity index (χ4v) is 6.94. The highest BCUT2D eigenvalue weighted by Crippen LogP contribution is 2.33. The van der Waals surface area contributed by atoms with Crippen molar-refractivity contribution in [1.29, 1.82) is 0 Å². The zero-order valence-corrected chi connectivity index (χ0v) is 28.2. The summed E-state index contributed by atoms with van der Waals surface area (Å²) >= 11 is 7.79. The molecule has 2 aliphatic rings. The van der Waals surface area contributed by atoms with Gasteiger partial charge in [0, 0.05) is 13.0 Å². The molecule has 0 saturated carbocycles. The highest BCUT2D eigenvalue weighted by atomic mass is 35.5. The van der Waals surface area contributed by atoms with Gasteiger partial charge in [-0.25, -0.2) is 0 Å². The van der Waals surface area contributed by atoms with Gasteiger partial charge >= 0.3 is 5.97 Å². The van der Waals surface area contributed by atoms with Crippen LogP contribution >= 0.6 is 35.8 Å². The van der Waals surface area contributed by atoms with Gasteiger partial charge in [-0.15, -0.1) is 35.8 Å². The molecule has 2 aliphatic heterocycles. The molecule has 3 N–H and O–H groups in total. The smallest absolute Gasteiger partial charge is 0.306 e. The summed E-state index contributed by atoms with van der Waals surface area (Å²) in [5, 5.41) is 24.5. The van der Waals surface area contributed by atoms with E-state index in [1.54, 1.807) is 13.2 Å². The molecule has 242 valence electrons. The molecule has 0 spiro atoms. The zero-order chi connectivity index (χ0) is 29.7. The summed E-state index contributed by atoms with van der Waals surface area (Å²) in [5.41, 5.74) is -0.701. The van der Waals surface area contributed by atoms with E-state index < -0.39 is 47.2 Å². The van der Waals surface area contributed by atoms with E-state index in [1.165, 1.54) is 50.3 Å². The van der Waals surface area contributed by atoms with E-state index in [2.05, 4.69) is 24.1 Å². The zero-order valence-electron chi connectivity index (χ0n) is 25.8. The lowest BCUT2D eigenvalue weighted by atomic mass is 9.92. The number of nitrogens with one attached hydrogen (secondary N) is 1. The number of esters is 1. The van der Waals surface area contributed by atoms with Crippen LogP contribution in [0.2, 0.25) is 0 Å². The Kier molecular flexibility index (Phi) is 19.5. The van der Waals surface area contributed by atoms with Crippen molar-refractivity contribution < 1.29 is 29.3 Å². The van der Waals surface area contributed by atoms with Gasteiger partial charge in [0.25, 0.3) is 0 Å². The lowest BCUT2D eigenvalue weighted by Crippen LogP contribution is -2.65. The second-order valence-corrected chi connectivity index (χ2v) is 13.4. The van der Waals surface area contributed by atoms with Gasteiger partial charge < -0.3 is 25.0 Å². The van der Waals surface area contributed by atoms with Gasteiger partial charge in [-0.1, -0.05) is 71.6 Å². The molecule has 2 rings (SSSR count). The Morgan fingerprint density at radius 1 is 1.05 bits per heavy atom. The summed E-state index contributed by atoms with van der Waals surface area (Å²) in [5.74, 6) is -0.0799. The van der Waals surface area contributed by atoms with Crippen LogP contribution < -0.4 is 5.32 Å². The molecule has 0 aromatic rings. The van der Waals surface area contributed by atoms with Crippen molar-refractivity contribution >= 4 is 47.6 Å². The molecule has 9 atom stereocenters. The van der Waals surface area contributed by atoms with Crippen LogP contribution in [-0.4, -0.2) is 94.2 Å². The number of unbranched alkanes of at least 4 members (excludes halogenated alkanes) is 8. The molecule has 2 heterocycles. The first-order chi connectivity index (χ1) is 19.1. The van der Waals surface area contributed by atoms with E-state index in [-0.39, 0.29) is 30.8 Å². The number of amides is 1. The quantitative estimate of drug-likeness (QED) is 0.105.